The Labute approximate surface area is 303 Å². The van der Waals surface area contributed by atoms with Crippen LogP contribution >= 0.6 is 0 Å². The largest absolute Gasteiger partial charge is 0.439 e. The summed E-state index contributed by atoms with van der Waals surface area (Å²) in [4.78, 5) is 41.7. The molecular formula is C41H44N4O6S. The molecule has 0 spiro atoms. The predicted octanol–water partition coefficient (Wildman–Crippen LogP) is 6.54. The second-order valence-corrected chi connectivity index (χ2v) is 15.9. The molecule has 5 aromatic rings. The highest BCUT2D eigenvalue weighted by molar-refractivity contribution is 7.91. The number of Topliss-reactive ketones (excluding diaryl/α,β-unsaturated/α-hetero) is 1. The van der Waals surface area contributed by atoms with Crippen molar-refractivity contribution in [1.29, 1.82) is 0 Å². The number of ketones is 1. The van der Waals surface area contributed by atoms with E-state index in [2.05, 4.69) is 20.0 Å². The van der Waals surface area contributed by atoms with E-state index in [4.69, 9.17) is 5.73 Å². The second-order valence-electron chi connectivity index (χ2n) is 13.8. The van der Waals surface area contributed by atoms with Gasteiger partial charge in [-0.25, -0.2) is 13.2 Å². The molecule has 270 valence electrons. The van der Waals surface area contributed by atoms with Gasteiger partial charge in [0.25, 0.3) is 0 Å². The van der Waals surface area contributed by atoms with Gasteiger partial charge >= 0.3 is 5.76 Å². The lowest BCUT2D eigenvalue weighted by Crippen LogP contribution is -2.31. The topological polar surface area (TPSA) is 165 Å². The molecule has 1 fully saturated rings. The lowest BCUT2D eigenvalue weighted by molar-refractivity contribution is -0.129. The number of anilines is 1. The van der Waals surface area contributed by atoms with Gasteiger partial charge in [-0.15, -0.1) is 0 Å². The Hall–Kier alpha value is -5.13. The van der Waals surface area contributed by atoms with Gasteiger partial charge in [-0.05, 0) is 122 Å². The van der Waals surface area contributed by atoms with E-state index in [1.165, 1.54) is 0 Å². The van der Waals surface area contributed by atoms with Gasteiger partial charge in [0.15, 0.2) is 15.7 Å². The molecule has 0 bridgehead atoms. The zero-order chi connectivity index (χ0) is 36.7. The summed E-state index contributed by atoms with van der Waals surface area (Å²) in [6.45, 7) is 2.57. The number of hydrogen-bond donors (Lipinski definition) is 3. The molecule has 1 saturated carbocycles. The van der Waals surface area contributed by atoms with Gasteiger partial charge in [-0.2, -0.15) is 0 Å². The monoisotopic (exact) mass is 720 g/mol. The fourth-order valence-corrected chi connectivity index (χ4v) is 8.28. The zero-order valence-electron chi connectivity index (χ0n) is 29.2. The van der Waals surface area contributed by atoms with E-state index in [-0.39, 0.29) is 40.5 Å². The Morgan fingerprint density at radius 3 is 2.33 bits per heavy atom. The minimum absolute atomic E-state index is 0.000699. The molecule has 1 heterocycles. The van der Waals surface area contributed by atoms with Gasteiger partial charge in [-0.3, -0.25) is 19.1 Å². The third kappa shape index (κ3) is 9.20. The fourth-order valence-electron chi connectivity index (χ4n) is 6.97. The molecule has 11 heteroatoms. The molecule has 1 amide bonds. The smallest absolute Gasteiger partial charge is 0.330 e. The van der Waals surface area contributed by atoms with Crippen LogP contribution in [0.4, 0.5) is 5.69 Å². The Bertz CT molecular complexity index is 2170. The summed E-state index contributed by atoms with van der Waals surface area (Å²) in [7, 11) is -3.54. The van der Waals surface area contributed by atoms with Crippen LogP contribution in [0.25, 0.3) is 22.5 Å². The Morgan fingerprint density at radius 1 is 0.904 bits per heavy atom. The van der Waals surface area contributed by atoms with Crippen LogP contribution < -0.4 is 16.8 Å². The van der Waals surface area contributed by atoms with Gasteiger partial charge in [0.1, 0.15) is 5.78 Å². The Kier molecular flexibility index (Phi) is 11.6. The molecule has 0 unspecified atom stereocenters. The summed E-state index contributed by atoms with van der Waals surface area (Å²) in [6, 6.07) is 29.4. The number of nitrogens with one attached hydrogen (secondary N) is 2. The first-order valence-corrected chi connectivity index (χ1v) is 19.4. The molecule has 0 aliphatic heterocycles. The summed E-state index contributed by atoms with van der Waals surface area (Å²) in [5.74, 6) is -0.880. The number of rotatable bonds is 14. The lowest BCUT2D eigenvalue weighted by Gasteiger charge is -2.27. The predicted molar refractivity (Wildman–Crippen MR) is 201 cm³/mol. The molecule has 52 heavy (non-hydrogen) atoms. The van der Waals surface area contributed by atoms with Gasteiger partial charge in [0, 0.05) is 29.5 Å². The van der Waals surface area contributed by atoms with Crippen LogP contribution in [0.15, 0.2) is 111 Å². The minimum atomic E-state index is -3.54. The highest BCUT2D eigenvalue weighted by atomic mass is 32.2. The standard InChI is InChI=1S/C41H44N4O6S/c1-27-10-19-36(52(49,50)21-20-28-6-3-2-4-7-28)25-37(27)33-9-5-8-30(22-33)23-34(24-38(46)31-13-11-29(26-42)12-14-31)40(47)43-35-17-15-32(16-18-35)39-44-41(48)51-45-39/h2-10,15-19,22,25,29,31,34H,11-14,20-21,23-24,26,42H2,1H3,(H,43,47)(H,44,45,48)/t29?,31?,34-/m1/s1. The first-order chi connectivity index (χ1) is 25.1. The third-order valence-corrected chi connectivity index (χ3v) is 11.8. The summed E-state index contributed by atoms with van der Waals surface area (Å²) in [5.41, 5.74) is 11.4. The van der Waals surface area contributed by atoms with Gasteiger partial charge in [0.05, 0.1) is 10.6 Å². The summed E-state index contributed by atoms with van der Waals surface area (Å²) >= 11 is 0. The van der Waals surface area contributed by atoms with Crippen molar-refractivity contribution in [3.05, 3.63) is 124 Å². The number of aromatic amines is 1. The minimum Gasteiger partial charge on any atom is -0.330 e. The van der Waals surface area contributed by atoms with E-state index in [0.29, 0.717) is 36.6 Å². The summed E-state index contributed by atoms with van der Waals surface area (Å²) in [6.07, 6.45) is 4.21. The molecular weight excluding hydrogens is 677 g/mol. The summed E-state index contributed by atoms with van der Waals surface area (Å²) < 4.78 is 31.4. The number of aromatic nitrogens is 2. The maximum Gasteiger partial charge on any atom is 0.439 e. The van der Waals surface area contributed by atoms with E-state index in [1.807, 2.05) is 67.6 Å². The number of sulfone groups is 1. The molecule has 0 saturated heterocycles. The van der Waals surface area contributed by atoms with Crippen LogP contribution in [-0.4, -0.2) is 42.5 Å². The van der Waals surface area contributed by atoms with E-state index < -0.39 is 21.5 Å². The van der Waals surface area contributed by atoms with E-state index in [1.54, 1.807) is 36.4 Å². The van der Waals surface area contributed by atoms with Crippen molar-refractivity contribution < 1.29 is 22.5 Å². The first-order valence-electron chi connectivity index (χ1n) is 17.7. The average Bonchev–Trinajstić information content (AvgIpc) is 3.60. The van der Waals surface area contributed by atoms with Crippen LogP contribution in [-0.2, 0) is 32.3 Å². The van der Waals surface area contributed by atoms with Gasteiger partial charge in [0.2, 0.25) is 5.91 Å². The van der Waals surface area contributed by atoms with Crippen molar-refractivity contribution in [2.75, 3.05) is 17.6 Å². The molecule has 4 N–H and O–H groups in total. The number of hydrogen-bond acceptors (Lipinski definition) is 8. The van der Waals surface area contributed by atoms with Crippen molar-refractivity contribution in [1.82, 2.24) is 10.1 Å². The Balaban J connectivity index is 1.22. The molecule has 10 nitrogen and oxygen atoms in total. The first kappa shape index (κ1) is 36.7. The van der Waals surface area contributed by atoms with Crippen LogP contribution in [0, 0.1) is 24.7 Å². The van der Waals surface area contributed by atoms with Gasteiger partial charge in [-0.1, -0.05) is 65.8 Å². The van der Waals surface area contributed by atoms with E-state index in [0.717, 1.165) is 53.5 Å². The van der Waals surface area contributed by atoms with Crippen LogP contribution in [0.1, 0.15) is 48.8 Å². The van der Waals surface area contributed by atoms with E-state index in [9.17, 15) is 22.8 Å². The van der Waals surface area contributed by atoms with Crippen LogP contribution in [0.3, 0.4) is 0 Å². The summed E-state index contributed by atoms with van der Waals surface area (Å²) in [5, 5.41) is 6.69. The maximum absolute atomic E-state index is 13.9. The molecule has 1 atom stereocenters. The number of amides is 1. The second kappa shape index (κ2) is 16.5. The average molecular weight is 721 g/mol. The number of benzene rings is 4. The number of nitrogens with zero attached hydrogens (tertiary/aromatic N) is 1. The fraction of sp³-hybridized carbons (Fsp3) is 0.317. The normalized spacial score (nSPS) is 16.7. The SMILES string of the molecule is Cc1ccc(S(=O)(=O)CCc2ccccc2)cc1-c1cccc(C[C@H](CC(=O)C2CCC(CN)CC2)C(=O)Nc2ccc(-c3noc(=O)[nH]3)cc2)c1. The van der Waals surface area contributed by atoms with Crippen LogP contribution in [0.5, 0.6) is 0 Å². The maximum atomic E-state index is 13.9. The van der Waals surface area contributed by atoms with Crippen molar-refractivity contribution in [3.63, 3.8) is 0 Å². The van der Waals surface area contributed by atoms with Gasteiger partial charge < -0.3 is 11.1 Å². The number of H-pyrrole nitrogens is 1. The molecule has 6 rings (SSSR count). The van der Waals surface area contributed by atoms with Crippen molar-refractivity contribution in [2.24, 2.45) is 23.5 Å². The quantitative estimate of drug-likeness (QED) is 0.116. The number of carbonyl (C=O) groups excluding carboxylic acids is 2. The highest BCUT2D eigenvalue weighted by Gasteiger charge is 2.30. The Morgan fingerprint density at radius 2 is 1.63 bits per heavy atom. The number of aryl methyl sites for hydroxylation is 2. The van der Waals surface area contributed by atoms with Crippen molar-refractivity contribution in [3.8, 4) is 22.5 Å². The molecule has 4 aromatic carbocycles. The van der Waals surface area contributed by atoms with Crippen molar-refractivity contribution >= 4 is 27.2 Å². The lowest BCUT2D eigenvalue weighted by atomic mass is 9.77. The molecule has 0 radical (unpaired) electrons. The van der Waals surface area contributed by atoms with Crippen LogP contribution in [0.2, 0.25) is 0 Å². The third-order valence-electron chi connectivity index (χ3n) is 10.1. The molecule has 1 aromatic heterocycles. The number of carbonyl (C=O) groups is 2. The van der Waals surface area contributed by atoms with Crippen molar-refractivity contribution in [2.45, 2.75) is 56.8 Å². The number of nitrogens with two attached hydrogens (primary N) is 1. The molecule has 1 aliphatic rings. The van der Waals surface area contributed by atoms with E-state index >= 15 is 0 Å². The zero-order valence-corrected chi connectivity index (χ0v) is 30.0. The molecule has 1 aliphatic carbocycles. The highest BCUT2D eigenvalue weighted by Crippen LogP contribution is 2.32.